The Balaban J connectivity index is 1.30. The number of anilines is 1. The lowest BCUT2D eigenvalue weighted by atomic mass is 10.2. The number of piperazine rings is 1. The Hall–Kier alpha value is -2.58. The summed E-state index contributed by atoms with van der Waals surface area (Å²) in [5.41, 5.74) is 2.82. The van der Waals surface area contributed by atoms with Crippen LogP contribution in [-0.2, 0) is 7.05 Å². The van der Waals surface area contributed by atoms with Gasteiger partial charge in [-0.3, -0.25) is 4.90 Å². The van der Waals surface area contributed by atoms with Crippen molar-refractivity contribution in [3.05, 3.63) is 41.8 Å². The Labute approximate surface area is 161 Å². The minimum absolute atomic E-state index is 0.324. The molecule has 0 saturated carbocycles. The van der Waals surface area contributed by atoms with Crippen molar-refractivity contribution in [2.75, 3.05) is 31.1 Å². The molecule has 1 aliphatic heterocycles. The molecule has 3 aromatic heterocycles. The molecule has 1 unspecified atom stereocenters. The highest BCUT2D eigenvalue weighted by atomic mass is 32.1. The van der Waals surface area contributed by atoms with Crippen LogP contribution in [0.25, 0.3) is 21.4 Å². The highest BCUT2D eigenvalue weighted by molar-refractivity contribution is 7.18. The Morgan fingerprint density at radius 3 is 2.63 bits per heavy atom. The minimum atomic E-state index is 0.324. The molecule has 1 aromatic carbocycles. The number of aryl methyl sites for hydroxylation is 1. The molecular formula is C19H21N7S. The summed E-state index contributed by atoms with van der Waals surface area (Å²) in [5, 5.41) is 1.19. The first kappa shape index (κ1) is 16.6. The highest BCUT2D eigenvalue weighted by Gasteiger charge is 2.25. The fourth-order valence-electron chi connectivity index (χ4n) is 3.60. The zero-order chi connectivity index (χ0) is 18.4. The van der Waals surface area contributed by atoms with E-state index in [4.69, 9.17) is 9.97 Å². The summed E-state index contributed by atoms with van der Waals surface area (Å²) in [7, 11) is 1.96. The van der Waals surface area contributed by atoms with E-state index in [1.807, 2.05) is 23.9 Å². The van der Waals surface area contributed by atoms with Gasteiger partial charge in [0, 0.05) is 33.2 Å². The van der Waals surface area contributed by atoms with Gasteiger partial charge < -0.3 is 9.47 Å². The van der Waals surface area contributed by atoms with Gasteiger partial charge >= 0.3 is 0 Å². The maximum absolute atomic E-state index is 4.83. The lowest BCUT2D eigenvalue weighted by Crippen LogP contribution is -2.47. The van der Waals surface area contributed by atoms with E-state index in [1.54, 1.807) is 17.7 Å². The second kappa shape index (κ2) is 6.54. The lowest BCUT2D eigenvalue weighted by Gasteiger charge is -2.37. The first-order chi connectivity index (χ1) is 13.2. The number of hydrogen-bond donors (Lipinski definition) is 0. The minimum Gasteiger partial charge on any atom is -0.338 e. The van der Waals surface area contributed by atoms with E-state index >= 15 is 0 Å². The quantitative estimate of drug-likeness (QED) is 0.545. The van der Waals surface area contributed by atoms with Gasteiger partial charge in [-0.1, -0.05) is 12.1 Å². The standard InChI is InChI=1S/C19H21N7S/c1-13(18-22-14-5-3-4-6-16(14)27-18)25-7-9-26(10-8-25)19-20-11-15-17(23-19)24(2)12-21-15/h3-6,11-13H,7-10H2,1-2H3. The van der Waals surface area contributed by atoms with Crippen LogP contribution in [0.1, 0.15) is 18.0 Å². The summed E-state index contributed by atoms with van der Waals surface area (Å²) in [5.74, 6) is 0.790. The number of benzene rings is 1. The maximum Gasteiger partial charge on any atom is 0.227 e. The Kier molecular flexibility index (Phi) is 4.02. The van der Waals surface area contributed by atoms with Crippen LogP contribution < -0.4 is 4.90 Å². The van der Waals surface area contributed by atoms with E-state index < -0.39 is 0 Å². The number of thiazole rings is 1. The summed E-state index contributed by atoms with van der Waals surface area (Å²) >= 11 is 1.80. The van der Waals surface area contributed by atoms with Crippen molar-refractivity contribution in [1.29, 1.82) is 0 Å². The Bertz CT molecular complexity index is 1060. The van der Waals surface area contributed by atoms with Gasteiger partial charge in [0.15, 0.2) is 5.65 Å². The van der Waals surface area contributed by atoms with Crippen molar-refractivity contribution in [2.45, 2.75) is 13.0 Å². The summed E-state index contributed by atoms with van der Waals surface area (Å²) < 4.78 is 3.20. The van der Waals surface area contributed by atoms with Gasteiger partial charge in [0.25, 0.3) is 0 Å². The zero-order valence-corrected chi connectivity index (χ0v) is 16.2. The molecule has 4 heterocycles. The number of rotatable bonds is 3. The first-order valence-corrected chi connectivity index (χ1v) is 9.99. The molecule has 4 aromatic rings. The average Bonchev–Trinajstić information content (AvgIpc) is 3.31. The molecule has 0 radical (unpaired) electrons. The third-order valence-electron chi connectivity index (χ3n) is 5.25. The van der Waals surface area contributed by atoms with Crippen molar-refractivity contribution < 1.29 is 0 Å². The van der Waals surface area contributed by atoms with E-state index in [9.17, 15) is 0 Å². The van der Waals surface area contributed by atoms with Crippen molar-refractivity contribution in [3.63, 3.8) is 0 Å². The molecule has 0 amide bonds. The topological polar surface area (TPSA) is 63.0 Å². The largest absolute Gasteiger partial charge is 0.338 e. The average molecular weight is 379 g/mol. The van der Waals surface area contributed by atoms with Crippen LogP contribution >= 0.6 is 11.3 Å². The van der Waals surface area contributed by atoms with Crippen LogP contribution in [0.15, 0.2) is 36.8 Å². The summed E-state index contributed by atoms with van der Waals surface area (Å²) in [6, 6.07) is 8.69. The monoisotopic (exact) mass is 379 g/mol. The fourth-order valence-corrected chi connectivity index (χ4v) is 4.65. The fraction of sp³-hybridized carbons (Fsp3) is 0.368. The molecule has 7 nitrogen and oxygen atoms in total. The second-order valence-corrected chi connectivity index (χ2v) is 8.02. The van der Waals surface area contributed by atoms with Crippen molar-refractivity contribution >= 4 is 38.7 Å². The highest BCUT2D eigenvalue weighted by Crippen LogP contribution is 2.30. The van der Waals surface area contributed by atoms with Gasteiger partial charge in [-0.25, -0.2) is 15.0 Å². The molecule has 0 aliphatic carbocycles. The number of nitrogens with zero attached hydrogens (tertiary/aromatic N) is 7. The molecule has 0 spiro atoms. The number of aromatic nitrogens is 5. The molecule has 138 valence electrons. The van der Waals surface area contributed by atoms with Gasteiger partial charge in [0.2, 0.25) is 5.95 Å². The third kappa shape index (κ3) is 2.94. The van der Waals surface area contributed by atoms with Gasteiger partial charge in [0.05, 0.1) is 28.8 Å². The third-order valence-corrected chi connectivity index (χ3v) is 6.46. The van der Waals surface area contributed by atoms with Crippen LogP contribution in [0.3, 0.4) is 0 Å². The SMILES string of the molecule is CC(c1nc2ccccc2s1)N1CCN(c2ncc3ncn(C)c3n2)CC1. The molecule has 27 heavy (non-hydrogen) atoms. The molecule has 0 N–H and O–H groups in total. The zero-order valence-electron chi connectivity index (χ0n) is 15.4. The summed E-state index contributed by atoms with van der Waals surface area (Å²) in [6.45, 7) is 6.04. The smallest absolute Gasteiger partial charge is 0.227 e. The van der Waals surface area contributed by atoms with Crippen molar-refractivity contribution in [2.24, 2.45) is 7.05 Å². The molecule has 1 fully saturated rings. The van der Waals surface area contributed by atoms with Gasteiger partial charge in [0.1, 0.15) is 10.5 Å². The molecule has 8 heteroatoms. The van der Waals surface area contributed by atoms with Crippen LogP contribution in [0.4, 0.5) is 5.95 Å². The number of fused-ring (bicyclic) bond motifs is 2. The second-order valence-electron chi connectivity index (χ2n) is 6.95. The van der Waals surface area contributed by atoms with E-state index in [2.05, 4.69) is 44.9 Å². The number of imidazole rings is 1. The van der Waals surface area contributed by atoms with Crippen LogP contribution in [-0.4, -0.2) is 55.6 Å². The Morgan fingerprint density at radius 1 is 1.00 bits per heavy atom. The van der Waals surface area contributed by atoms with E-state index in [0.717, 1.165) is 48.8 Å². The van der Waals surface area contributed by atoms with E-state index in [0.29, 0.717) is 6.04 Å². The molecule has 1 saturated heterocycles. The van der Waals surface area contributed by atoms with Gasteiger partial charge in [-0.05, 0) is 19.1 Å². The molecule has 5 rings (SSSR count). The first-order valence-electron chi connectivity index (χ1n) is 9.17. The lowest BCUT2D eigenvalue weighted by molar-refractivity contribution is 0.197. The molecule has 1 aliphatic rings. The number of para-hydroxylation sites is 1. The predicted molar refractivity (Wildman–Crippen MR) is 108 cm³/mol. The molecule has 1 atom stereocenters. The Morgan fingerprint density at radius 2 is 1.81 bits per heavy atom. The van der Waals surface area contributed by atoms with Crippen LogP contribution in [0.2, 0.25) is 0 Å². The van der Waals surface area contributed by atoms with Crippen molar-refractivity contribution in [1.82, 2.24) is 29.4 Å². The van der Waals surface area contributed by atoms with Crippen molar-refractivity contribution in [3.8, 4) is 0 Å². The van der Waals surface area contributed by atoms with E-state index in [1.165, 1.54) is 9.71 Å². The van der Waals surface area contributed by atoms with Gasteiger partial charge in [-0.2, -0.15) is 4.98 Å². The normalized spacial score (nSPS) is 17.0. The molecule has 0 bridgehead atoms. The number of hydrogen-bond acceptors (Lipinski definition) is 7. The summed E-state index contributed by atoms with van der Waals surface area (Å²) in [4.78, 5) is 23.1. The molecular weight excluding hydrogens is 358 g/mol. The maximum atomic E-state index is 4.83. The van der Waals surface area contributed by atoms with Crippen LogP contribution in [0.5, 0.6) is 0 Å². The van der Waals surface area contributed by atoms with Crippen LogP contribution in [0, 0.1) is 0 Å². The van der Waals surface area contributed by atoms with E-state index in [-0.39, 0.29) is 0 Å². The van der Waals surface area contributed by atoms with Gasteiger partial charge in [-0.15, -0.1) is 11.3 Å². The predicted octanol–water partition coefficient (Wildman–Crippen LogP) is 2.86. The summed E-state index contributed by atoms with van der Waals surface area (Å²) in [6.07, 6.45) is 3.59.